The summed E-state index contributed by atoms with van der Waals surface area (Å²) >= 11 is 0. The van der Waals surface area contributed by atoms with Crippen molar-refractivity contribution in [3.05, 3.63) is 41.2 Å². The third-order valence-electron chi connectivity index (χ3n) is 4.65. The van der Waals surface area contributed by atoms with Crippen LogP contribution in [0.15, 0.2) is 18.2 Å². The zero-order chi connectivity index (χ0) is 19.6. The van der Waals surface area contributed by atoms with Gasteiger partial charge >= 0.3 is 5.97 Å². The summed E-state index contributed by atoms with van der Waals surface area (Å²) in [7, 11) is 0. The monoisotopic (exact) mass is 377 g/mol. The van der Waals surface area contributed by atoms with Gasteiger partial charge in [-0.3, -0.25) is 4.79 Å². The Balaban J connectivity index is 2.17. The number of halogens is 5. The summed E-state index contributed by atoms with van der Waals surface area (Å²) in [5, 5.41) is 2.64. The summed E-state index contributed by atoms with van der Waals surface area (Å²) in [6, 6.07) is 0.410. The third kappa shape index (κ3) is 3.99. The van der Waals surface area contributed by atoms with Crippen LogP contribution in [-0.2, 0) is 16.1 Å². The lowest BCUT2D eigenvalue weighted by Gasteiger charge is -2.14. The molecule has 1 aromatic rings. The number of anilines is 1. The molecule has 0 aromatic heterocycles. The fourth-order valence-corrected chi connectivity index (χ4v) is 3.03. The van der Waals surface area contributed by atoms with Crippen molar-refractivity contribution in [2.45, 2.75) is 33.8 Å². The Kier molecular flexibility index (Phi) is 5.93. The van der Waals surface area contributed by atoms with Gasteiger partial charge in [0.05, 0.1) is 17.2 Å². The Bertz CT molecular complexity index is 729. The Hall–Kier alpha value is -2.12. The lowest BCUT2D eigenvalue weighted by Crippen LogP contribution is -2.14. The molecule has 0 spiro atoms. The molecule has 1 saturated carbocycles. The van der Waals surface area contributed by atoms with Crippen LogP contribution in [0.1, 0.15) is 32.8 Å². The van der Waals surface area contributed by atoms with Crippen molar-refractivity contribution in [2.24, 2.45) is 17.3 Å². The zero-order valence-electron chi connectivity index (χ0n) is 14.6. The molecule has 1 N–H and O–H groups in total. The molecule has 144 valence electrons. The van der Waals surface area contributed by atoms with E-state index in [1.165, 1.54) is 0 Å². The van der Waals surface area contributed by atoms with E-state index in [9.17, 15) is 26.7 Å². The highest BCUT2D eigenvalue weighted by Crippen LogP contribution is 2.60. The molecule has 1 aliphatic rings. The summed E-state index contributed by atoms with van der Waals surface area (Å²) in [5.41, 5.74) is -1.46. The van der Waals surface area contributed by atoms with Crippen LogP contribution in [0.2, 0.25) is 0 Å². The SMILES string of the molecule is CCCNc1c(F)cc(F)c(F)c1COC(=O)[C@@H]1[C@@H](C=C(F)F)C1(C)C. The minimum absolute atomic E-state index is 0.278. The second kappa shape index (κ2) is 7.63. The predicted octanol–water partition coefficient (Wildman–Crippen LogP) is 5.02. The summed E-state index contributed by atoms with van der Waals surface area (Å²) in [4.78, 5) is 12.2. The molecular weight excluding hydrogens is 357 g/mol. The number of nitrogens with one attached hydrogen (secondary N) is 1. The molecule has 0 amide bonds. The van der Waals surface area contributed by atoms with E-state index < -0.39 is 58.9 Å². The summed E-state index contributed by atoms with van der Waals surface area (Å²) in [6.45, 7) is 4.66. The zero-order valence-corrected chi connectivity index (χ0v) is 14.6. The van der Waals surface area contributed by atoms with Crippen molar-refractivity contribution in [2.75, 3.05) is 11.9 Å². The number of esters is 1. The molecule has 0 radical (unpaired) electrons. The molecule has 0 heterocycles. The fraction of sp³-hybridized carbons (Fsp3) is 0.500. The van der Waals surface area contributed by atoms with E-state index >= 15 is 0 Å². The minimum atomic E-state index is -1.90. The molecule has 1 fully saturated rings. The van der Waals surface area contributed by atoms with Crippen molar-refractivity contribution in [1.29, 1.82) is 0 Å². The second-order valence-corrected chi connectivity index (χ2v) is 6.82. The summed E-state index contributed by atoms with van der Waals surface area (Å²) < 4.78 is 71.3. The smallest absolute Gasteiger partial charge is 0.310 e. The van der Waals surface area contributed by atoms with Gasteiger partial charge in [0.2, 0.25) is 0 Å². The molecule has 0 bridgehead atoms. The van der Waals surface area contributed by atoms with Crippen LogP contribution in [0.3, 0.4) is 0 Å². The number of carbonyl (C=O) groups excluding carboxylic acids is 1. The summed E-state index contributed by atoms with van der Waals surface area (Å²) in [6.07, 6.45) is -0.609. The van der Waals surface area contributed by atoms with Gasteiger partial charge in [-0.1, -0.05) is 20.8 Å². The van der Waals surface area contributed by atoms with Crippen LogP contribution in [0.5, 0.6) is 0 Å². The molecule has 0 aliphatic heterocycles. The second-order valence-electron chi connectivity index (χ2n) is 6.82. The first-order valence-corrected chi connectivity index (χ1v) is 8.20. The number of hydrogen-bond donors (Lipinski definition) is 1. The van der Waals surface area contributed by atoms with E-state index in [1.54, 1.807) is 20.8 Å². The molecule has 0 saturated heterocycles. The van der Waals surface area contributed by atoms with Crippen molar-refractivity contribution in [3.8, 4) is 0 Å². The minimum Gasteiger partial charge on any atom is -0.460 e. The van der Waals surface area contributed by atoms with Crippen molar-refractivity contribution in [3.63, 3.8) is 0 Å². The highest BCUT2D eigenvalue weighted by molar-refractivity contribution is 5.78. The molecule has 3 nitrogen and oxygen atoms in total. The van der Waals surface area contributed by atoms with Crippen LogP contribution in [0, 0.1) is 34.7 Å². The molecule has 2 rings (SSSR count). The number of carbonyl (C=O) groups is 1. The molecule has 26 heavy (non-hydrogen) atoms. The first-order valence-electron chi connectivity index (χ1n) is 8.20. The van der Waals surface area contributed by atoms with E-state index in [1.807, 2.05) is 0 Å². The molecule has 0 unspecified atom stereocenters. The van der Waals surface area contributed by atoms with Gasteiger partial charge in [-0.05, 0) is 17.9 Å². The molecule has 1 aliphatic carbocycles. The molecule has 8 heteroatoms. The van der Waals surface area contributed by atoms with Gasteiger partial charge in [-0.2, -0.15) is 8.78 Å². The van der Waals surface area contributed by atoms with Crippen LogP contribution >= 0.6 is 0 Å². The highest BCUT2D eigenvalue weighted by atomic mass is 19.3. The quantitative estimate of drug-likeness (QED) is 0.412. The Morgan fingerprint density at radius 2 is 1.92 bits per heavy atom. The van der Waals surface area contributed by atoms with Crippen LogP contribution < -0.4 is 5.32 Å². The number of hydrogen-bond acceptors (Lipinski definition) is 3. The normalized spacial score (nSPS) is 20.5. The Morgan fingerprint density at radius 1 is 1.27 bits per heavy atom. The highest BCUT2D eigenvalue weighted by Gasteiger charge is 2.62. The maximum absolute atomic E-state index is 14.1. The van der Waals surface area contributed by atoms with Crippen molar-refractivity contribution < 1.29 is 31.5 Å². The van der Waals surface area contributed by atoms with Crippen molar-refractivity contribution >= 4 is 11.7 Å². The largest absolute Gasteiger partial charge is 0.460 e. The van der Waals surface area contributed by atoms with E-state index in [-0.39, 0.29) is 5.69 Å². The average molecular weight is 377 g/mol. The first-order chi connectivity index (χ1) is 12.1. The maximum atomic E-state index is 14.1. The van der Waals surface area contributed by atoms with Gasteiger partial charge < -0.3 is 10.1 Å². The van der Waals surface area contributed by atoms with Gasteiger partial charge in [-0.25, -0.2) is 13.2 Å². The van der Waals surface area contributed by atoms with Crippen LogP contribution in [0.4, 0.5) is 27.6 Å². The topological polar surface area (TPSA) is 38.3 Å². The van der Waals surface area contributed by atoms with E-state index in [4.69, 9.17) is 4.74 Å². The lowest BCUT2D eigenvalue weighted by molar-refractivity contribution is -0.147. The van der Waals surface area contributed by atoms with Gasteiger partial charge in [0, 0.05) is 18.5 Å². The number of rotatable bonds is 7. The molecule has 1 aromatic carbocycles. The standard InChI is InChI=1S/C18H20F5NO2/c1-4-5-24-16-9(15(23)11(19)7-12(16)20)8-26-17(25)14-10(6-13(21)22)18(14,2)3/h6-7,10,14,24H,4-5,8H2,1-3H3/t10-,14+/m1/s1. The van der Waals surface area contributed by atoms with E-state index in [0.717, 1.165) is 0 Å². The van der Waals surface area contributed by atoms with Crippen molar-refractivity contribution in [1.82, 2.24) is 0 Å². The van der Waals surface area contributed by atoms with E-state index in [0.29, 0.717) is 25.1 Å². The maximum Gasteiger partial charge on any atom is 0.310 e. The lowest BCUT2D eigenvalue weighted by atomic mass is 10.1. The summed E-state index contributed by atoms with van der Waals surface area (Å²) in [5.74, 6) is -6.07. The van der Waals surface area contributed by atoms with Gasteiger partial charge in [0.25, 0.3) is 6.08 Å². The Morgan fingerprint density at radius 3 is 2.50 bits per heavy atom. The third-order valence-corrected chi connectivity index (χ3v) is 4.65. The number of ether oxygens (including phenoxy) is 1. The van der Waals surface area contributed by atoms with Crippen LogP contribution in [-0.4, -0.2) is 12.5 Å². The van der Waals surface area contributed by atoms with Gasteiger partial charge in [0.15, 0.2) is 11.6 Å². The van der Waals surface area contributed by atoms with Crippen LogP contribution in [0.25, 0.3) is 0 Å². The number of benzene rings is 1. The molecular formula is C18H20F5NO2. The Labute approximate surface area is 148 Å². The van der Waals surface area contributed by atoms with Gasteiger partial charge in [-0.15, -0.1) is 0 Å². The number of allylic oxidation sites excluding steroid dienone is 1. The average Bonchev–Trinajstić information content (AvgIpc) is 3.07. The van der Waals surface area contributed by atoms with Gasteiger partial charge in [0.1, 0.15) is 12.4 Å². The molecule has 2 atom stereocenters. The predicted molar refractivity (Wildman–Crippen MR) is 86.0 cm³/mol. The fourth-order valence-electron chi connectivity index (χ4n) is 3.03. The van der Waals surface area contributed by atoms with E-state index in [2.05, 4.69) is 5.32 Å². The first kappa shape index (κ1) is 20.2.